The van der Waals surface area contributed by atoms with Gasteiger partial charge >= 0.3 is 0 Å². The van der Waals surface area contributed by atoms with Gasteiger partial charge in [0.1, 0.15) is 12.4 Å². The van der Waals surface area contributed by atoms with Gasteiger partial charge in [0.25, 0.3) is 0 Å². The number of rotatable bonds is 4. The van der Waals surface area contributed by atoms with Crippen molar-refractivity contribution < 1.29 is 9.53 Å². The second kappa shape index (κ2) is 6.27. The lowest BCUT2D eigenvalue weighted by molar-refractivity contribution is -0.109. The Morgan fingerprint density at radius 3 is 2.67 bits per heavy atom. The van der Waals surface area contributed by atoms with Gasteiger partial charge in [0, 0.05) is 12.1 Å². The fourth-order valence-electron chi connectivity index (χ4n) is 2.60. The smallest absolute Gasteiger partial charge is 0.207 e. The van der Waals surface area contributed by atoms with Crippen LogP contribution < -0.4 is 10.1 Å². The number of para-hydroxylation sites is 1. The van der Waals surface area contributed by atoms with E-state index in [9.17, 15) is 4.79 Å². The molecule has 0 unspecified atom stereocenters. The van der Waals surface area contributed by atoms with Crippen molar-refractivity contribution in [3.8, 4) is 5.75 Å². The minimum atomic E-state index is 0.580. The quantitative estimate of drug-likeness (QED) is 0.689. The number of hydrogen-bond acceptors (Lipinski definition) is 2. The molecule has 0 bridgehead atoms. The zero-order valence-electron chi connectivity index (χ0n) is 11.7. The Morgan fingerprint density at radius 2 is 1.81 bits per heavy atom. The minimum absolute atomic E-state index is 0.580. The summed E-state index contributed by atoms with van der Waals surface area (Å²) in [6, 6.07) is 16.4. The van der Waals surface area contributed by atoms with Gasteiger partial charge in [-0.15, -0.1) is 0 Å². The molecule has 0 fully saturated rings. The molecule has 0 atom stereocenters. The monoisotopic (exact) mass is 279 g/mol. The molecule has 1 aliphatic heterocycles. The maximum Gasteiger partial charge on any atom is 0.207 e. The molecule has 0 aliphatic carbocycles. The first-order valence-electron chi connectivity index (χ1n) is 7.08. The highest BCUT2D eigenvalue weighted by molar-refractivity contribution is 5.84. The van der Waals surface area contributed by atoms with E-state index in [-0.39, 0.29) is 0 Å². The summed E-state index contributed by atoms with van der Waals surface area (Å²) in [4.78, 5) is 10.4. The van der Waals surface area contributed by atoms with Crippen molar-refractivity contribution in [1.82, 2.24) is 5.32 Å². The summed E-state index contributed by atoms with van der Waals surface area (Å²) in [6.45, 7) is 1.22. The van der Waals surface area contributed by atoms with E-state index >= 15 is 0 Å². The van der Waals surface area contributed by atoms with E-state index in [0.717, 1.165) is 24.1 Å². The Balaban J connectivity index is 2.04. The van der Waals surface area contributed by atoms with E-state index in [1.54, 1.807) is 0 Å². The van der Waals surface area contributed by atoms with Crippen LogP contribution in [0.3, 0.4) is 0 Å². The summed E-state index contributed by atoms with van der Waals surface area (Å²) >= 11 is 0. The second-order valence-electron chi connectivity index (χ2n) is 4.92. The van der Waals surface area contributed by atoms with Gasteiger partial charge in [0.15, 0.2) is 0 Å². The predicted octanol–water partition coefficient (Wildman–Crippen LogP) is 3.15. The van der Waals surface area contributed by atoms with Crippen molar-refractivity contribution in [3.05, 3.63) is 71.3 Å². The van der Waals surface area contributed by atoms with Crippen LogP contribution in [0.15, 0.2) is 54.6 Å². The molecule has 0 saturated heterocycles. The van der Waals surface area contributed by atoms with Crippen molar-refractivity contribution in [3.63, 3.8) is 0 Å². The van der Waals surface area contributed by atoms with E-state index in [2.05, 4.69) is 29.6 Å². The van der Waals surface area contributed by atoms with E-state index in [1.807, 2.05) is 30.3 Å². The molecule has 1 heterocycles. The third-order valence-corrected chi connectivity index (χ3v) is 3.59. The van der Waals surface area contributed by atoms with Crippen LogP contribution in [-0.2, 0) is 11.4 Å². The number of nitrogens with one attached hydrogen (secondary N) is 1. The maximum atomic E-state index is 10.4. The summed E-state index contributed by atoms with van der Waals surface area (Å²) in [5.74, 6) is 0.906. The summed E-state index contributed by atoms with van der Waals surface area (Å²) in [6.07, 6.45) is 3.69. The number of ether oxygens (including phenoxy) is 1. The van der Waals surface area contributed by atoms with Gasteiger partial charge in [-0.25, -0.2) is 0 Å². The van der Waals surface area contributed by atoms with Gasteiger partial charge in [-0.3, -0.25) is 4.79 Å². The van der Waals surface area contributed by atoms with Crippen LogP contribution in [0.4, 0.5) is 0 Å². The number of amides is 1. The molecule has 0 radical (unpaired) electrons. The van der Waals surface area contributed by atoms with Crippen molar-refractivity contribution >= 4 is 12.0 Å². The fraction of sp³-hybridized carbons (Fsp3) is 0.167. The number of carbonyl (C=O) groups is 1. The highest BCUT2D eigenvalue weighted by Crippen LogP contribution is 2.36. The minimum Gasteiger partial charge on any atom is -0.488 e. The van der Waals surface area contributed by atoms with Crippen LogP contribution >= 0.6 is 0 Å². The highest BCUT2D eigenvalue weighted by atomic mass is 16.5. The van der Waals surface area contributed by atoms with Crippen LogP contribution in [0, 0.1) is 0 Å². The lowest BCUT2D eigenvalue weighted by atomic mass is 9.93. The number of benzene rings is 2. The number of fused-ring (bicyclic) bond motifs is 2. The van der Waals surface area contributed by atoms with Crippen molar-refractivity contribution in [1.29, 1.82) is 0 Å². The molecule has 3 heteroatoms. The average molecular weight is 279 g/mol. The summed E-state index contributed by atoms with van der Waals surface area (Å²) < 4.78 is 5.92. The molecule has 3 rings (SSSR count). The first-order chi connectivity index (χ1) is 10.4. The molecule has 21 heavy (non-hydrogen) atoms. The third kappa shape index (κ3) is 2.82. The van der Waals surface area contributed by atoms with Crippen LogP contribution in [0.2, 0.25) is 0 Å². The Kier molecular flexibility index (Phi) is 4.01. The molecule has 2 aromatic rings. The average Bonchev–Trinajstić information content (AvgIpc) is 2.69. The zero-order chi connectivity index (χ0) is 14.5. The molecule has 0 aromatic heterocycles. The Morgan fingerprint density at radius 1 is 1.05 bits per heavy atom. The zero-order valence-corrected chi connectivity index (χ0v) is 11.7. The molecule has 0 spiro atoms. The summed E-state index contributed by atoms with van der Waals surface area (Å²) in [5.41, 5.74) is 4.66. The van der Waals surface area contributed by atoms with Gasteiger partial charge in [-0.1, -0.05) is 48.5 Å². The van der Waals surface area contributed by atoms with Gasteiger partial charge in [-0.2, -0.15) is 0 Å². The number of carbonyl (C=O) groups excluding carboxylic acids is 1. The van der Waals surface area contributed by atoms with Gasteiger partial charge in [0.2, 0.25) is 6.41 Å². The molecule has 106 valence electrons. The molecule has 2 aromatic carbocycles. The fourth-order valence-corrected chi connectivity index (χ4v) is 2.60. The lowest BCUT2D eigenvalue weighted by Crippen LogP contribution is -2.11. The molecule has 1 aliphatic rings. The first-order valence-corrected chi connectivity index (χ1v) is 7.08. The maximum absolute atomic E-state index is 10.4. The number of hydrogen-bond donors (Lipinski definition) is 1. The summed E-state index contributed by atoms with van der Waals surface area (Å²) in [5, 5.41) is 2.70. The van der Waals surface area contributed by atoms with Gasteiger partial charge in [0.05, 0.1) is 0 Å². The standard InChI is InChI=1S/C18H17NO2/c20-13-19-11-5-9-16-15-7-2-1-6-14(15)12-21-18-10-4-3-8-17(16)18/h1-4,6-10,13H,5,11-12H2,(H,19,20)/b16-9+. The summed E-state index contributed by atoms with van der Waals surface area (Å²) in [7, 11) is 0. The Labute approximate surface area is 124 Å². The van der Waals surface area contributed by atoms with E-state index < -0.39 is 0 Å². The van der Waals surface area contributed by atoms with Gasteiger partial charge < -0.3 is 10.1 Å². The Bertz CT molecular complexity index is 627. The molecule has 1 N–H and O–H groups in total. The molecule has 0 saturated carbocycles. The van der Waals surface area contributed by atoms with Crippen molar-refractivity contribution in [2.24, 2.45) is 0 Å². The van der Waals surface area contributed by atoms with Gasteiger partial charge in [-0.05, 0) is 29.2 Å². The van der Waals surface area contributed by atoms with Crippen molar-refractivity contribution in [2.75, 3.05) is 6.54 Å². The highest BCUT2D eigenvalue weighted by Gasteiger charge is 2.17. The predicted molar refractivity (Wildman–Crippen MR) is 83.0 cm³/mol. The van der Waals surface area contributed by atoms with E-state index in [4.69, 9.17) is 4.74 Å². The topological polar surface area (TPSA) is 38.3 Å². The molecule has 3 nitrogen and oxygen atoms in total. The molecule has 1 amide bonds. The van der Waals surface area contributed by atoms with Crippen LogP contribution in [0.5, 0.6) is 5.75 Å². The normalized spacial score (nSPS) is 14.6. The van der Waals surface area contributed by atoms with Crippen LogP contribution in [-0.4, -0.2) is 13.0 Å². The largest absolute Gasteiger partial charge is 0.488 e. The molecular weight excluding hydrogens is 262 g/mol. The van der Waals surface area contributed by atoms with E-state index in [0.29, 0.717) is 13.2 Å². The Hall–Kier alpha value is -2.55. The SMILES string of the molecule is O=CNCC/C=C1\c2ccccc2COc2ccccc21. The van der Waals surface area contributed by atoms with E-state index in [1.165, 1.54) is 16.7 Å². The molecular formula is C18H17NO2. The lowest BCUT2D eigenvalue weighted by Gasteiger charge is -2.10. The first kappa shape index (κ1) is 13.4. The third-order valence-electron chi connectivity index (χ3n) is 3.59. The van der Waals surface area contributed by atoms with Crippen LogP contribution in [0.25, 0.3) is 5.57 Å². The van der Waals surface area contributed by atoms with Crippen molar-refractivity contribution in [2.45, 2.75) is 13.0 Å². The second-order valence-corrected chi connectivity index (χ2v) is 4.92. The van der Waals surface area contributed by atoms with Crippen LogP contribution in [0.1, 0.15) is 23.1 Å².